The standard InChI is InChI=1S/C16H26FNO/c1-5-15(12-7-6-8-13(17)9-12)18-11-14(19)10-16(2,3)4/h6-9,14-15,18-19H,5,10-11H2,1-4H3. The van der Waals surface area contributed by atoms with E-state index < -0.39 is 0 Å². The number of aliphatic hydroxyl groups is 1. The van der Waals surface area contributed by atoms with Crippen LogP contribution in [0.25, 0.3) is 0 Å². The molecule has 2 atom stereocenters. The number of aliphatic hydroxyl groups excluding tert-OH is 1. The molecular weight excluding hydrogens is 241 g/mol. The first-order valence-electron chi connectivity index (χ1n) is 6.98. The summed E-state index contributed by atoms with van der Waals surface area (Å²) in [5.74, 6) is -0.215. The Labute approximate surface area is 116 Å². The minimum atomic E-state index is -0.373. The first-order valence-corrected chi connectivity index (χ1v) is 6.98. The Bertz CT molecular complexity index is 387. The zero-order valence-electron chi connectivity index (χ0n) is 12.4. The maximum Gasteiger partial charge on any atom is 0.123 e. The number of rotatable bonds is 6. The van der Waals surface area contributed by atoms with Crippen molar-refractivity contribution in [3.63, 3.8) is 0 Å². The van der Waals surface area contributed by atoms with E-state index in [4.69, 9.17) is 0 Å². The molecule has 108 valence electrons. The van der Waals surface area contributed by atoms with Crippen LogP contribution >= 0.6 is 0 Å². The highest BCUT2D eigenvalue weighted by molar-refractivity contribution is 5.20. The van der Waals surface area contributed by atoms with Crippen molar-refractivity contribution in [1.29, 1.82) is 0 Å². The molecule has 0 fully saturated rings. The fourth-order valence-electron chi connectivity index (χ4n) is 2.28. The summed E-state index contributed by atoms with van der Waals surface area (Å²) in [6.45, 7) is 8.92. The summed E-state index contributed by atoms with van der Waals surface area (Å²) in [5, 5.41) is 13.3. The van der Waals surface area contributed by atoms with E-state index in [0.717, 1.165) is 18.4 Å². The molecule has 0 saturated carbocycles. The Morgan fingerprint density at radius 3 is 2.53 bits per heavy atom. The molecule has 0 aliphatic heterocycles. The van der Waals surface area contributed by atoms with Crippen LogP contribution in [-0.4, -0.2) is 17.8 Å². The summed E-state index contributed by atoms with van der Waals surface area (Å²) in [6.07, 6.45) is 1.24. The molecule has 1 aromatic carbocycles. The summed E-state index contributed by atoms with van der Waals surface area (Å²) in [4.78, 5) is 0. The van der Waals surface area contributed by atoms with E-state index in [0.29, 0.717) is 6.54 Å². The Hall–Kier alpha value is -0.930. The lowest BCUT2D eigenvalue weighted by molar-refractivity contribution is 0.116. The third-order valence-corrected chi connectivity index (χ3v) is 3.11. The lowest BCUT2D eigenvalue weighted by atomic mass is 9.89. The number of nitrogens with one attached hydrogen (secondary N) is 1. The van der Waals surface area contributed by atoms with Gasteiger partial charge in [0.1, 0.15) is 5.82 Å². The fourth-order valence-corrected chi connectivity index (χ4v) is 2.28. The van der Waals surface area contributed by atoms with Gasteiger partial charge in [0.05, 0.1) is 6.10 Å². The predicted octanol–water partition coefficient (Wildman–Crippen LogP) is 3.66. The molecule has 0 aliphatic rings. The average molecular weight is 267 g/mol. The first-order chi connectivity index (χ1) is 8.81. The topological polar surface area (TPSA) is 32.3 Å². The van der Waals surface area contributed by atoms with Crippen molar-refractivity contribution in [2.45, 2.75) is 52.7 Å². The van der Waals surface area contributed by atoms with Gasteiger partial charge in [-0.25, -0.2) is 4.39 Å². The van der Waals surface area contributed by atoms with E-state index in [1.807, 2.05) is 6.07 Å². The molecule has 1 rings (SSSR count). The number of hydrogen-bond donors (Lipinski definition) is 2. The molecular formula is C16H26FNO. The van der Waals surface area contributed by atoms with Crippen molar-refractivity contribution in [3.8, 4) is 0 Å². The lowest BCUT2D eigenvalue weighted by Gasteiger charge is -2.25. The predicted molar refractivity (Wildman–Crippen MR) is 77.5 cm³/mol. The van der Waals surface area contributed by atoms with Crippen molar-refractivity contribution in [1.82, 2.24) is 5.32 Å². The lowest BCUT2D eigenvalue weighted by Crippen LogP contribution is -2.32. The van der Waals surface area contributed by atoms with E-state index in [-0.39, 0.29) is 23.4 Å². The highest BCUT2D eigenvalue weighted by Crippen LogP contribution is 2.22. The first kappa shape index (κ1) is 16.1. The van der Waals surface area contributed by atoms with E-state index in [1.165, 1.54) is 6.07 Å². The van der Waals surface area contributed by atoms with E-state index in [2.05, 4.69) is 33.0 Å². The summed E-state index contributed by atoms with van der Waals surface area (Å²) >= 11 is 0. The van der Waals surface area contributed by atoms with Crippen molar-refractivity contribution in [3.05, 3.63) is 35.6 Å². The van der Waals surface area contributed by atoms with Crippen molar-refractivity contribution in [2.75, 3.05) is 6.54 Å². The summed E-state index contributed by atoms with van der Waals surface area (Å²) in [5.41, 5.74) is 1.05. The molecule has 1 aromatic rings. The van der Waals surface area contributed by atoms with Crippen LogP contribution in [0.1, 0.15) is 52.1 Å². The monoisotopic (exact) mass is 267 g/mol. The van der Waals surface area contributed by atoms with E-state index in [1.54, 1.807) is 12.1 Å². The fraction of sp³-hybridized carbons (Fsp3) is 0.625. The van der Waals surface area contributed by atoms with Crippen LogP contribution < -0.4 is 5.32 Å². The minimum Gasteiger partial charge on any atom is -0.392 e. The molecule has 0 heterocycles. The van der Waals surface area contributed by atoms with Crippen molar-refractivity contribution in [2.24, 2.45) is 5.41 Å². The van der Waals surface area contributed by atoms with Gasteiger partial charge in [-0.2, -0.15) is 0 Å². The van der Waals surface area contributed by atoms with Crippen LogP contribution in [0.3, 0.4) is 0 Å². The molecule has 2 nitrogen and oxygen atoms in total. The smallest absolute Gasteiger partial charge is 0.123 e. The molecule has 19 heavy (non-hydrogen) atoms. The summed E-state index contributed by atoms with van der Waals surface area (Å²) < 4.78 is 13.2. The molecule has 0 aliphatic carbocycles. The van der Waals surface area contributed by atoms with Crippen molar-refractivity contribution >= 4 is 0 Å². The highest BCUT2D eigenvalue weighted by atomic mass is 19.1. The van der Waals surface area contributed by atoms with Gasteiger partial charge in [-0.1, -0.05) is 39.8 Å². The quantitative estimate of drug-likeness (QED) is 0.824. The van der Waals surface area contributed by atoms with Gasteiger partial charge >= 0.3 is 0 Å². The van der Waals surface area contributed by atoms with Gasteiger partial charge in [0.2, 0.25) is 0 Å². The molecule has 0 saturated heterocycles. The molecule has 0 radical (unpaired) electrons. The van der Waals surface area contributed by atoms with Crippen LogP contribution in [0.15, 0.2) is 24.3 Å². The Kier molecular flexibility index (Phi) is 5.95. The van der Waals surface area contributed by atoms with Crippen LogP contribution in [0, 0.1) is 11.2 Å². The van der Waals surface area contributed by atoms with E-state index in [9.17, 15) is 9.50 Å². The van der Waals surface area contributed by atoms with Gasteiger partial charge in [-0.15, -0.1) is 0 Å². The molecule has 0 aromatic heterocycles. The number of hydrogen-bond acceptors (Lipinski definition) is 2. The molecule has 2 N–H and O–H groups in total. The van der Waals surface area contributed by atoms with Crippen LogP contribution in [0.2, 0.25) is 0 Å². The number of halogens is 1. The second-order valence-electron chi connectivity index (χ2n) is 6.34. The Balaban J connectivity index is 2.54. The Morgan fingerprint density at radius 1 is 1.32 bits per heavy atom. The molecule has 2 unspecified atom stereocenters. The third-order valence-electron chi connectivity index (χ3n) is 3.11. The van der Waals surface area contributed by atoms with Crippen LogP contribution in [0.5, 0.6) is 0 Å². The third kappa shape index (κ3) is 6.17. The maximum atomic E-state index is 13.2. The SMILES string of the molecule is CCC(NCC(O)CC(C)(C)C)c1cccc(F)c1. The van der Waals surface area contributed by atoms with Gasteiger partial charge in [-0.05, 0) is 36.0 Å². The van der Waals surface area contributed by atoms with Gasteiger partial charge in [-0.3, -0.25) is 0 Å². The second kappa shape index (κ2) is 7.01. The normalized spacial score (nSPS) is 15.3. The van der Waals surface area contributed by atoms with Crippen LogP contribution in [-0.2, 0) is 0 Å². The maximum absolute atomic E-state index is 13.2. The van der Waals surface area contributed by atoms with E-state index >= 15 is 0 Å². The summed E-state index contributed by atoms with van der Waals surface area (Å²) in [7, 11) is 0. The largest absolute Gasteiger partial charge is 0.392 e. The van der Waals surface area contributed by atoms with Crippen LogP contribution in [0.4, 0.5) is 4.39 Å². The molecule has 3 heteroatoms. The molecule has 0 spiro atoms. The molecule has 0 bridgehead atoms. The zero-order valence-corrected chi connectivity index (χ0v) is 12.4. The minimum absolute atomic E-state index is 0.0883. The van der Waals surface area contributed by atoms with Crippen molar-refractivity contribution < 1.29 is 9.50 Å². The van der Waals surface area contributed by atoms with Gasteiger partial charge in [0.25, 0.3) is 0 Å². The average Bonchev–Trinajstić information content (AvgIpc) is 2.27. The summed E-state index contributed by atoms with van der Waals surface area (Å²) in [6, 6.07) is 6.73. The van der Waals surface area contributed by atoms with Gasteiger partial charge < -0.3 is 10.4 Å². The second-order valence-corrected chi connectivity index (χ2v) is 6.34. The zero-order chi connectivity index (χ0) is 14.5. The molecule has 0 amide bonds. The van der Waals surface area contributed by atoms with Gasteiger partial charge in [0, 0.05) is 12.6 Å². The number of benzene rings is 1. The van der Waals surface area contributed by atoms with Gasteiger partial charge in [0.15, 0.2) is 0 Å². The highest BCUT2D eigenvalue weighted by Gasteiger charge is 2.18. The Morgan fingerprint density at radius 2 is 2.00 bits per heavy atom.